The summed E-state index contributed by atoms with van der Waals surface area (Å²) in [6.45, 7) is 1.50. The van der Waals surface area contributed by atoms with E-state index in [0.29, 0.717) is 22.0 Å². The molecule has 0 spiro atoms. The number of ether oxygens (including phenoxy) is 2. The van der Waals surface area contributed by atoms with Gasteiger partial charge in [-0.2, -0.15) is 0 Å². The van der Waals surface area contributed by atoms with E-state index >= 15 is 0 Å². The van der Waals surface area contributed by atoms with Crippen molar-refractivity contribution >= 4 is 29.2 Å². The summed E-state index contributed by atoms with van der Waals surface area (Å²) in [7, 11) is 1.51. The zero-order chi connectivity index (χ0) is 16.8. The highest BCUT2D eigenvalue weighted by atomic mass is 35.5. The fourth-order valence-corrected chi connectivity index (χ4v) is 1.94. The van der Waals surface area contributed by atoms with Gasteiger partial charge >= 0.3 is 5.97 Å². The number of methoxy groups -OCH3 is 1. The Labute approximate surface area is 139 Å². The van der Waals surface area contributed by atoms with Gasteiger partial charge in [-0.15, -0.1) is 0 Å². The molecule has 0 bridgehead atoms. The quantitative estimate of drug-likeness (QED) is 0.850. The number of rotatable bonds is 5. The largest absolute Gasteiger partial charge is 0.497 e. The first kappa shape index (κ1) is 16.8. The van der Waals surface area contributed by atoms with Gasteiger partial charge in [0.05, 0.1) is 12.7 Å². The third-order valence-electron chi connectivity index (χ3n) is 3.07. The van der Waals surface area contributed by atoms with E-state index in [2.05, 4.69) is 5.32 Å². The Bertz CT molecular complexity index is 700. The topological polar surface area (TPSA) is 64.6 Å². The van der Waals surface area contributed by atoms with Crippen molar-refractivity contribution in [3.63, 3.8) is 0 Å². The Morgan fingerprint density at radius 1 is 1.13 bits per heavy atom. The third-order valence-corrected chi connectivity index (χ3v) is 3.32. The van der Waals surface area contributed by atoms with Crippen molar-refractivity contribution in [3.8, 4) is 5.75 Å². The molecule has 23 heavy (non-hydrogen) atoms. The molecule has 0 saturated heterocycles. The highest BCUT2D eigenvalue weighted by Crippen LogP contribution is 2.16. The minimum Gasteiger partial charge on any atom is -0.497 e. The van der Waals surface area contributed by atoms with Crippen LogP contribution in [0.25, 0.3) is 0 Å². The minimum atomic E-state index is -0.940. The lowest BCUT2D eigenvalue weighted by molar-refractivity contribution is -0.123. The normalized spacial score (nSPS) is 11.4. The van der Waals surface area contributed by atoms with Crippen molar-refractivity contribution in [2.45, 2.75) is 13.0 Å². The molecule has 5 nitrogen and oxygen atoms in total. The predicted molar refractivity (Wildman–Crippen MR) is 88.0 cm³/mol. The summed E-state index contributed by atoms with van der Waals surface area (Å²) >= 11 is 5.78. The number of halogens is 1. The van der Waals surface area contributed by atoms with Crippen molar-refractivity contribution in [2.75, 3.05) is 12.4 Å². The number of anilines is 1. The van der Waals surface area contributed by atoms with Crippen LogP contribution in [0.3, 0.4) is 0 Å². The molecule has 0 aliphatic heterocycles. The Morgan fingerprint density at radius 2 is 1.83 bits per heavy atom. The lowest BCUT2D eigenvalue weighted by Crippen LogP contribution is -2.30. The minimum absolute atomic E-state index is 0.315. The number of nitrogens with one attached hydrogen (secondary N) is 1. The molecule has 1 atom stereocenters. The molecular formula is C17H16ClNO4. The monoisotopic (exact) mass is 333 g/mol. The van der Waals surface area contributed by atoms with Gasteiger partial charge < -0.3 is 14.8 Å². The number of carbonyl (C=O) groups excluding carboxylic acids is 2. The fourth-order valence-electron chi connectivity index (χ4n) is 1.81. The summed E-state index contributed by atoms with van der Waals surface area (Å²) in [5.74, 6) is -0.482. The number of hydrogen-bond donors (Lipinski definition) is 1. The first-order valence-electron chi connectivity index (χ1n) is 6.91. The molecule has 1 amide bonds. The summed E-state index contributed by atoms with van der Waals surface area (Å²) in [5, 5.41) is 3.22. The van der Waals surface area contributed by atoms with Crippen LogP contribution in [-0.4, -0.2) is 25.1 Å². The molecule has 0 saturated carbocycles. The Balaban J connectivity index is 1.97. The van der Waals surface area contributed by atoms with E-state index in [-0.39, 0.29) is 0 Å². The van der Waals surface area contributed by atoms with E-state index in [4.69, 9.17) is 21.1 Å². The van der Waals surface area contributed by atoms with Crippen LogP contribution >= 0.6 is 11.6 Å². The molecule has 0 unspecified atom stereocenters. The Hall–Kier alpha value is -2.53. The van der Waals surface area contributed by atoms with Crippen LogP contribution in [-0.2, 0) is 9.53 Å². The Morgan fingerprint density at radius 3 is 2.48 bits per heavy atom. The molecule has 6 heteroatoms. The van der Waals surface area contributed by atoms with Gasteiger partial charge in [0.1, 0.15) is 5.75 Å². The van der Waals surface area contributed by atoms with Crippen molar-refractivity contribution in [1.82, 2.24) is 0 Å². The van der Waals surface area contributed by atoms with Gasteiger partial charge in [-0.25, -0.2) is 4.79 Å². The maximum absolute atomic E-state index is 12.0. The molecule has 0 heterocycles. The van der Waals surface area contributed by atoms with Gasteiger partial charge in [-0.1, -0.05) is 17.7 Å². The van der Waals surface area contributed by atoms with Gasteiger partial charge in [0.15, 0.2) is 6.10 Å². The maximum Gasteiger partial charge on any atom is 0.339 e. The van der Waals surface area contributed by atoms with Gasteiger partial charge in [-0.3, -0.25) is 4.79 Å². The van der Waals surface area contributed by atoms with Gasteiger partial charge in [0.2, 0.25) is 0 Å². The second kappa shape index (κ2) is 7.65. The summed E-state index contributed by atoms with van der Waals surface area (Å²) < 4.78 is 10.2. The predicted octanol–water partition coefficient (Wildman–Crippen LogP) is 3.53. The highest BCUT2D eigenvalue weighted by molar-refractivity contribution is 6.30. The zero-order valence-electron chi connectivity index (χ0n) is 12.7. The Kier molecular flexibility index (Phi) is 5.60. The summed E-state index contributed by atoms with van der Waals surface area (Å²) in [6, 6.07) is 13.2. The van der Waals surface area contributed by atoms with Crippen LogP contribution < -0.4 is 10.1 Å². The second-order valence-electron chi connectivity index (χ2n) is 4.78. The van der Waals surface area contributed by atoms with Crippen molar-refractivity contribution < 1.29 is 19.1 Å². The van der Waals surface area contributed by atoms with E-state index in [0.717, 1.165) is 0 Å². The standard InChI is InChI=1S/C17H16ClNO4/c1-11(16(20)19-14-8-6-13(18)7-9-14)23-17(21)12-4-3-5-15(10-12)22-2/h3-11H,1-2H3,(H,19,20)/t11-/m1/s1. The van der Waals surface area contributed by atoms with Crippen LogP contribution in [0.1, 0.15) is 17.3 Å². The molecule has 0 aromatic heterocycles. The highest BCUT2D eigenvalue weighted by Gasteiger charge is 2.19. The number of amides is 1. The number of hydrogen-bond acceptors (Lipinski definition) is 4. The molecule has 0 radical (unpaired) electrons. The van der Waals surface area contributed by atoms with Gasteiger partial charge in [-0.05, 0) is 49.4 Å². The van der Waals surface area contributed by atoms with Crippen molar-refractivity contribution in [3.05, 3.63) is 59.1 Å². The van der Waals surface area contributed by atoms with E-state index in [1.54, 1.807) is 48.5 Å². The third kappa shape index (κ3) is 4.72. The molecular weight excluding hydrogens is 318 g/mol. The van der Waals surface area contributed by atoms with Crippen LogP contribution in [0.2, 0.25) is 5.02 Å². The first-order chi connectivity index (χ1) is 11.0. The van der Waals surface area contributed by atoms with Crippen LogP contribution in [0.4, 0.5) is 5.69 Å². The number of esters is 1. The average molecular weight is 334 g/mol. The molecule has 2 rings (SSSR count). The smallest absolute Gasteiger partial charge is 0.339 e. The molecule has 0 aliphatic carbocycles. The van der Waals surface area contributed by atoms with Crippen LogP contribution in [0.15, 0.2) is 48.5 Å². The molecule has 2 aromatic carbocycles. The summed E-state index contributed by atoms with van der Waals surface area (Å²) in [5.41, 5.74) is 0.888. The summed E-state index contributed by atoms with van der Waals surface area (Å²) in [6.07, 6.45) is -0.940. The lowest BCUT2D eigenvalue weighted by atomic mass is 10.2. The SMILES string of the molecule is COc1cccc(C(=O)O[C@H](C)C(=O)Nc2ccc(Cl)cc2)c1. The second-order valence-corrected chi connectivity index (χ2v) is 5.21. The molecule has 120 valence electrons. The molecule has 0 aliphatic rings. The molecule has 1 N–H and O–H groups in total. The first-order valence-corrected chi connectivity index (χ1v) is 7.29. The van der Waals surface area contributed by atoms with E-state index in [1.165, 1.54) is 14.0 Å². The van der Waals surface area contributed by atoms with E-state index < -0.39 is 18.0 Å². The van der Waals surface area contributed by atoms with Crippen molar-refractivity contribution in [2.24, 2.45) is 0 Å². The average Bonchev–Trinajstić information content (AvgIpc) is 2.56. The number of carbonyl (C=O) groups is 2. The van der Waals surface area contributed by atoms with Gasteiger partial charge in [0, 0.05) is 10.7 Å². The summed E-state index contributed by atoms with van der Waals surface area (Å²) in [4.78, 5) is 24.1. The molecule has 0 fully saturated rings. The lowest BCUT2D eigenvalue weighted by Gasteiger charge is -2.14. The zero-order valence-corrected chi connectivity index (χ0v) is 13.5. The van der Waals surface area contributed by atoms with Crippen molar-refractivity contribution in [1.29, 1.82) is 0 Å². The van der Waals surface area contributed by atoms with Crippen LogP contribution in [0, 0.1) is 0 Å². The van der Waals surface area contributed by atoms with Gasteiger partial charge in [0.25, 0.3) is 5.91 Å². The number of benzene rings is 2. The van der Waals surface area contributed by atoms with Crippen LogP contribution in [0.5, 0.6) is 5.75 Å². The molecule has 2 aromatic rings. The maximum atomic E-state index is 12.0. The fraction of sp³-hybridized carbons (Fsp3) is 0.176. The van der Waals surface area contributed by atoms with E-state index in [9.17, 15) is 9.59 Å². The van der Waals surface area contributed by atoms with E-state index in [1.807, 2.05) is 0 Å².